The van der Waals surface area contributed by atoms with Crippen LogP contribution >= 0.6 is 0 Å². The molecule has 0 radical (unpaired) electrons. The predicted octanol–water partition coefficient (Wildman–Crippen LogP) is 3.63. The SMILES string of the molecule is CCNC(=O)c1cc(OCc2ccccc2)c2cc(N(C)C)ccc2n1. The average molecular weight is 349 g/mol. The van der Waals surface area contributed by atoms with E-state index in [1.807, 2.05) is 74.4 Å². The summed E-state index contributed by atoms with van der Waals surface area (Å²) >= 11 is 0. The van der Waals surface area contributed by atoms with Crippen LogP contribution < -0.4 is 15.0 Å². The quantitative estimate of drug-likeness (QED) is 0.738. The molecule has 0 aliphatic heterocycles. The monoisotopic (exact) mass is 349 g/mol. The van der Waals surface area contributed by atoms with E-state index in [0.717, 1.165) is 22.2 Å². The molecule has 3 rings (SSSR count). The van der Waals surface area contributed by atoms with Gasteiger partial charge in [-0.2, -0.15) is 0 Å². The molecule has 0 saturated heterocycles. The first-order valence-corrected chi connectivity index (χ1v) is 8.65. The predicted molar refractivity (Wildman–Crippen MR) is 105 cm³/mol. The molecule has 5 heteroatoms. The van der Waals surface area contributed by atoms with Crippen molar-refractivity contribution >= 4 is 22.5 Å². The van der Waals surface area contributed by atoms with Gasteiger partial charge in [0.15, 0.2) is 0 Å². The fraction of sp³-hybridized carbons (Fsp3) is 0.238. The summed E-state index contributed by atoms with van der Waals surface area (Å²) in [6.45, 7) is 2.87. The third-order valence-electron chi connectivity index (χ3n) is 4.08. The number of hydrogen-bond acceptors (Lipinski definition) is 4. The van der Waals surface area contributed by atoms with Gasteiger partial charge in [-0.25, -0.2) is 4.98 Å². The zero-order chi connectivity index (χ0) is 18.5. The second-order valence-electron chi connectivity index (χ2n) is 6.24. The third kappa shape index (κ3) is 3.94. The van der Waals surface area contributed by atoms with Crippen molar-refractivity contribution < 1.29 is 9.53 Å². The molecule has 1 heterocycles. The van der Waals surface area contributed by atoms with Gasteiger partial charge in [0.25, 0.3) is 5.91 Å². The lowest BCUT2D eigenvalue weighted by Gasteiger charge is -2.16. The van der Waals surface area contributed by atoms with E-state index >= 15 is 0 Å². The van der Waals surface area contributed by atoms with Gasteiger partial charge in [-0.15, -0.1) is 0 Å². The minimum Gasteiger partial charge on any atom is -0.488 e. The van der Waals surface area contributed by atoms with Crippen LogP contribution in [0.2, 0.25) is 0 Å². The number of hydrogen-bond donors (Lipinski definition) is 1. The molecule has 0 aliphatic carbocycles. The first-order valence-electron chi connectivity index (χ1n) is 8.65. The Kier molecular flexibility index (Phi) is 5.37. The number of pyridine rings is 1. The molecule has 5 nitrogen and oxygen atoms in total. The van der Waals surface area contributed by atoms with E-state index in [-0.39, 0.29) is 5.91 Å². The molecule has 26 heavy (non-hydrogen) atoms. The number of aromatic nitrogens is 1. The Labute approximate surface area is 153 Å². The van der Waals surface area contributed by atoms with Gasteiger partial charge in [0.05, 0.1) is 5.52 Å². The molecule has 1 aromatic heterocycles. The highest BCUT2D eigenvalue weighted by molar-refractivity contribution is 5.97. The van der Waals surface area contributed by atoms with E-state index < -0.39 is 0 Å². The number of fused-ring (bicyclic) bond motifs is 1. The summed E-state index contributed by atoms with van der Waals surface area (Å²) in [6.07, 6.45) is 0. The molecule has 134 valence electrons. The number of rotatable bonds is 6. The van der Waals surface area contributed by atoms with Crippen LogP contribution in [0, 0.1) is 0 Å². The van der Waals surface area contributed by atoms with Gasteiger partial charge in [0.1, 0.15) is 18.1 Å². The van der Waals surface area contributed by atoms with Crippen LogP contribution in [0.5, 0.6) is 5.75 Å². The Morgan fingerprint density at radius 1 is 1.12 bits per heavy atom. The first kappa shape index (κ1) is 17.7. The van der Waals surface area contributed by atoms with Crippen LogP contribution in [0.1, 0.15) is 23.0 Å². The highest BCUT2D eigenvalue weighted by atomic mass is 16.5. The van der Waals surface area contributed by atoms with Crippen molar-refractivity contribution in [3.63, 3.8) is 0 Å². The Balaban J connectivity index is 2.02. The molecule has 0 saturated carbocycles. The number of carbonyl (C=O) groups is 1. The van der Waals surface area contributed by atoms with Crippen molar-refractivity contribution in [1.82, 2.24) is 10.3 Å². The van der Waals surface area contributed by atoms with Crippen LogP contribution in [-0.2, 0) is 6.61 Å². The molecule has 0 unspecified atom stereocenters. The number of ether oxygens (including phenoxy) is 1. The molecule has 3 aromatic rings. The maximum Gasteiger partial charge on any atom is 0.270 e. The molecular weight excluding hydrogens is 326 g/mol. The lowest BCUT2D eigenvalue weighted by molar-refractivity contribution is 0.0950. The fourth-order valence-corrected chi connectivity index (χ4v) is 2.68. The summed E-state index contributed by atoms with van der Waals surface area (Å²) in [5, 5.41) is 3.68. The summed E-state index contributed by atoms with van der Waals surface area (Å²) in [6, 6.07) is 17.6. The van der Waals surface area contributed by atoms with E-state index in [1.165, 1.54) is 0 Å². The lowest BCUT2D eigenvalue weighted by atomic mass is 10.1. The van der Waals surface area contributed by atoms with Gasteiger partial charge in [-0.05, 0) is 30.7 Å². The normalized spacial score (nSPS) is 10.6. The number of benzene rings is 2. The van der Waals surface area contributed by atoms with Gasteiger partial charge in [-0.3, -0.25) is 4.79 Å². The molecule has 1 N–H and O–H groups in total. The fourth-order valence-electron chi connectivity index (χ4n) is 2.68. The second-order valence-corrected chi connectivity index (χ2v) is 6.24. The standard InChI is InChI=1S/C21H23N3O2/c1-4-22-21(25)19-13-20(26-14-15-8-6-5-7-9-15)17-12-16(24(2)3)10-11-18(17)23-19/h5-13H,4,14H2,1-3H3,(H,22,25). The number of carbonyl (C=O) groups excluding carboxylic acids is 1. The van der Waals surface area contributed by atoms with Crippen molar-refractivity contribution in [3.8, 4) is 5.75 Å². The van der Waals surface area contributed by atoms with Crippen molar-refractivity contribution in [2.75, 3.05) is 25.5 Å². The molecule has 0 spiro atoms. The molecule has 0 bridgehead atoms. The summed E-state index contributed by atoms with van der Waals surface area (Å²) in [5.74, 6) is 0.458. The lowest BCUT2D eigenvalue weighted by Crippen LogP contribution is -2.23. The molecule has 0 fully saturated rings. The van der Waals surface area contributed by atoms with Crippen LogP contribution in [0.15, 0.2) is 54.6 Å². The van der Waals surface area contributed by atoms with E-state index in [9.17, 15) is 4.79 Å². The minimum atomic E-state index is -0.198. The molecule has 2 aromatic carbocycles. The van der Waals surface area contributed by atoms with Gasteiger partial charge < -0.3 is 15.0 Å². The van der Waals surface area contributed by atoms with Gasteiger partial charge in [0.2, 0.25) is 0 Å². The summed E-state index contributed by atoms with van der Waals surface area (Å²) in [7, 11) is 3.98. The van der Waals surface area contributed by atoms with Crippen LogP contribution in [0.3, 0.4) is 0 Å². The Morgan fingerprint density at radius 2 is 1.88 bits per heavy atom. The maximum absolute atomic E-state index is 12.3. The number of nitrogens with zero attached hydrogens (tertiary/aromatic N) is 2. The summed E-state index contributed by atoms with van der Waals surface area (Å²) in [4.78, 5) is 18.8. The molecular formula is C21H23N3O2. The molecule has 0 atom stereocenters. The smallest absolute Gasteiger partial charge is 0.270 e. The van der Waals surface area contributed by atoms with Crippen LogP contribution in [-0.4, -0.2) is 31.5 Å². The number of amides is 1. The van der Waals surface area contributed by atoms with Crippen LogP contribution in [0.4, 0.5) is 5.69 Å². The summed E-state index contributed by atoms with van der Waals surface area (Å²) in [5.41, 5.74) is 3.22. The maximum atomic E-state index is 12.3. The van der Waals surface area contributed by atoms with Crippen molar-refractivity contribution in [2.24, 2.45) is 0 Å². The van der Waals surface area contributed by atoms with Gasteiger partial charge >= 0.3 is 0 Å². The second kappa shape index (κ2) is 7.87. The highest BCUT2D eigenvalue weighted by Crippen LogP contribution is 2.30. The largest absolute Gasteiger partial charge is 0.488 e. The molecule has 1 amide bonds. The highest BCUT2D eigenvalue weighted by Gasteiger charge is 2.13. The topological polar surface area (TPSA) is 54.5 Å². The number of anilines is 1. The Bertz CT molecular complexity index is 908. The van der Waals surface area contributed by atoms with Crippen molar-refractivity contribution in [3.05, 3.63) is 65.9 Å². The van der Waals surface area contributed by atoms with E-state index in [0.29, 0.717) is 24.6 Å². The summed E-state index contributed by atoms with van der Waals surface area (Å²) < 4.78 is 6.07. The van der Waals surface area contributed by atoms with Gasteiger partial charge in [-0.1, -0.05) is 30.3 Å². The van der Waals surface area contributed by atoms with Crippen molar-refractivity contribution in [2.45, 2.75) is 13.5 Å². The molecule has 0 aliphatic rings. The van der Waals surface area contributed by atoms with E-state index in [4.69, 9.17) is 4.74 Å². The van der Waals surface area contributed by atoms with Crippen molar-refractivity contribution in [1.29, 1.82) is 0 Å². The Morgan fingerprint density at radius 3 is 2.58 bits per heavy atom. The van der Waals surface area contributed by atoms with Crippen LogP contribution in [0.25, 0.3) is 10.9 Å². The van der Waals surface area contributed by atoms with E-state index in [1.54, 1.807) is 6.07 Å². The minimum absolute atomic E-state index is 0.198. The van der Waals surface area contributed by atoms with Gasteiger partial charge in [0, 0.05) is 37.8 Å². The van der Waals surface area contributed by atoms with E-state index in [2.05, 4.69) is 10.3 Å². The number of nitrogens with one attached hydrogen (secondary N) is 1. The zero-order valence-electron chi connectivity index (χ0n) is 15.3. The first-order chi connectivity index (χ1) is 12.6. The average Bonchev–Trinajstić information content (AvgIpc) is 2.66. The zero-order valence-corrected chi connectivity index (χ0v) is 15.3. The Hall–Kier alpha value is -3.08. The third-order valence-corrected chi connectivity index (χ3v) is 4.08.